The number of amides is 2. The zero-order valence-electron chi connectivity index (χ0n) is 15.7. The van der Waals surface area contributed by atoms with Crippen molar-refractivity contribution < 1.29 is 14.0 Å². The van der Waals surface area contributed by atoms with Crippen LogP contribution in [0.4, 0.5) is 15.9 Å². The number of carbonyl (C=O) groups is 2. The van der Waals surface area contributed by atoms with Crippen LogP contribution >= 0.6 is 0 Å². The van der Waals surface area contributed by atoms with E-state index in [4.69, 9.17) is 5.73 Å². The molecule has 150 valence electrons. The SMILES string of the molecule is Nc1c2c(cc(=O)n1-c1ccc(N3CCN4CCCC4C3)c(F)c1)C(=O)NC2=O. The smallest absolute Gasteiger partial charge is 0.262 e. The van der Waals surface area contributed by atoms with Crippen molar-refractivity contribution in [2.24, 2.45) is 0 Å². The molecule has 3 N–H and O–H groups in total. The van der Waals surface area contributed by atoms with Crippen molar-refractivity contribution in [2.45, 2.75) is 18.9 Å². The number of nitrogens with zero attached hydrogens (tertiary/aromatic N) is 3. The van der Waals surface area contributed by atoms with Crippen molar-refractivity contribution in [1.82, 2.24) is 14.8 Å². The fourth-order valence-corrected chi connectivity index (χ4v) is 4.65. The molecule has 0 saturated carbocycles. The van der Waals surface area contributed by atoms with Gasteiger partial charge in [-0.1, -0.05) is 0 Å². The standard InChI is InChI=1S/C20H20FN5O3/c21-14-8-11(3-4-15(14)25-7-6-24-5-1-2-12(24)10-25)26-16(27)9-13-17(18(26)22)20(29)23-19(13)28/h3-4,8-9,12H,1-2,5-7,10,22H2,(H,23,28,29). The molecule has 4 heterocycles. The third-order valence-corrected chi connectivity index (χ3v) is 6.07. The second-order valence-corrected chi connectivity index (χ2v) is 7.69. The maximum Gasteiger partial charge on any atom is 0.262 e. The van der Waals surface area contributed by atoms with Crippen LogP contribution in [-0.4, -0.2) is 53.5 Å². The molecule has 1 aromatic heterocycles. The average Bonchev–Trinajstić information content (AvgIpc) is 3.25. The molecule has 0 bridgehead atoms. The van der Waals surface area contributed by atoms with E-state index < -0.39 is 23.2 Å². The summed E-state index contributed by atoms with van der Waals surface area (Å²) in [5.74, 6) is -1.96. The van der Waals surface area contributed by atoms with Crippen LogP contribution in [0.3, 0.4) is 0 Å². The molecule has 8 nitrogen and oxygen atoms in total. The van der Waals surface area contributed by atoms with E-state index in [0.717, 1.165) is 43.2 Å². The highest BCUT2D eigenvalue weighted by Gasteiger charge is 2.33. The zero-order chi connectivity index (χ0) is 20.3. The Morgan fingerprint density at radius 1 is 1.07 bits per heavy atom. The molecule has 2 amide bonds. The lowest BCUT2D eigenvalue weighted by molar-refractivity contribution is 0.0880. The first-order chi connectivity index (χ1) is 13.9. The number of hydrogen-bond acceptors (Lipinski definition) is 6. The van der Waals surface area contributed by atoms with Crippen molar-refractivity contribution in [3.05, 3.63) is 51.6 Å². The van der Waals surface area contributed by atoms with Gasteiger partial charge < -0.3 is 10.6 Å². The van der Waals surface area contributed by atoms with E-state index in [-0.39, 0.29) is 22.6 Å². The van der Waals surface area contributed by atoms with Gasteiger partial charge in [-0.25, -0.2) is 4.39 Å². The van der Waals surface area contributed by atoms with Gasteiger partial charge >= 0.3 is 0 Å². The molecular formula is C20H20FN5O3. The highest BCUT2D eigenvalue weighted by Crippen LogP contribution is 2.29. The first-order valence-electron chi connectivity index (χ1n) is 9.64. The van der Waals surface area contributed by atoms with Crippen molar-refractivity contribution in [1.29, 1.82) is 0 Å². The van der Waals surface area contributed by atoms with E-state index in [1.807, 2.05) is 4.90 Å². The van der Waals surface area contributed by atoms with E-state index in [2.05, 4.69) is 10.2 Å². The molecule has 29 heavy (non-hydrogen) atoms. The van der Waals surface area contributed by atoms with Crippen LogP contribution in [0, 0.1) is 5.82 Å². The molecule has 0 aliphatic carbocycles. The number of aromatic nitrogens is 1. The topological polar surface area (TPSA) is 101 Å². The van der Waals surface area contributed by atoms with Gasteiger partial charge in [-0.05, 0) is 31.5 Å². The maximum atomic E-state index is 15.0. The minimum atomic E-state index is -0.664. The Labute approximate surface area is 165 Å². The molecule has 1 atom stereocenters. The first-order valence-corrected chi connectivity index (χ1v) is 9.64. The summed E-state index contributed by atoms with van der Waals surface area (Å²) in [5.41, 5.74) is 6.01. The Morgan fingerprint density at radius 2 is 1.90 bits per heavy atom. The summed E-state index contributed by atoms with van der Waals surface area (Å²) in [6, 6.07) is 6.00. The van der Waals surface area contributed by atoms with Crippen LogP contribution in [0.5, 0.6) is 0 Å². The minimum Gasteiger partial charge on any atom is -0.384 e. The number of halogens is 1. The molecule has 0 radical (unpaired) electrons. The third-order valence-electron chi connectivity index (χ3n) is 6.07. The molecule has 3 aliphatic rings. The summed E-state index contributed by atoms with van der Waals surface area (Å²) in [6.07, 6.45) is 2.30. The number of carbonyl (C=O) groups excluding carboxylic acids is 2. The van der Waals surface area contributed by atoms with Crippen LogP contribution < -0.4 is 21.5 Å². The number of nitrogens with two attached hydrogens (primary N) is 1. The van der Waals surface area contributed by atoms with Gasteiger partial charge in [0.05, 0.1) is 22.5 Å². The Bertz CT molecular complexity index is 1110. The molecule has 2 aromatic rings. The van der Waals surface area contributed by atoms with Gasteiger partial charge in [0.1, 0.15) is 11.6 Å². The van der Waals surface area contributed by atoms with Gasteiger partial charge in [0, 0.05) is 37.8 Å². The van der Waals surface area contributed by atoms with Crippen molar-refractivity contribution in [3.8, 4) is 5.69 Å². The molecule has 2 saturated heterocycles. The molecular weight excluding hydrogens is 377 g/mol. The van der Waals surface area contributed by atoms with Gasteiger partial charge in [0.15, 0.2) is 0 Å². The largest absolute Gasteiger partial charge is 0.384 e. The van der Waals surface area contributed by atoms with Gasteiger partial charge in [0.25, 0.3) is 17.4 Å². The van der Waals surface area contributed by atoms with Gasteiger partial charge in [-0.2, -0.15) is 0 Å². The number of piperazine rings is 1. The quantitative estimate of drug-likeness (QED) is 0.725. The fourth-order valence-electron chi connectivity index (χ4n) is 4.65. The summed E-state index contributed by atoms with van der Waals surface area (Å²) in [7, 11) is 0. The zero-order valence-corrected chi connectivity index (χ0v) is 15.7. The lowest BCUT2D eigenvalue weighted by Gasteiger charge is -2.39. The summed E-state index contributed by atoms with van der Waals surface area (Å²) >= 11 is 0. The van der Waals surface area contributed by atoms with E-state index in [0.29, 0.717) is 11.7 Å². The number of nitrogen functional groups attached to an aromatic ring is 1. The lowest BCUT2D eigenvalue weighted by Crippen LogP contribution is -2.50. The van der Waals surface area contributed by atoms with Crippen LogP contribution in [-0.2, 0) is 0 Å². The van der Waals surface area contributed by atoms with E-state index >= 15 is 0 Å². The Morgan fingerprint density at radius 3 is 2.69 bits per heavy atom. The maximum absolute atomic E-state index is 15.0. The third kappa shape index (κ3) is 2.72. The predicted molar refractivity (Wildman–Crippen MR) is 105 cm³/mol. The summed E-state index contributed by atoms with van der Waals surface area (Å²) in [4.78, 5) is 40.8. The molecule has 5 rings (SSSR count). The Hall–Kier alpha value is -3.20. The Kier molecular flexibility index (Phi) is 3.95. The predicted octanol–water partition coefficient (Wildman–Crippen LogP) is 0.727. The van der Waals surface area contributed by atoms with Crippen LogP contribution in [0.2, 0.25) is 0 Å². The fraction of sp³-hybridized carbons (Fsp3) is 0.350. The normalized spacial score (nSPS) is 21.3. The summed E-state index contributed by atoms with van der Waals surface area (Å²) in [5, 5.41) is 2.12. The van der Waals surface area contributed by atoms with E-state index in [1.165, 1.54) is 12.5 Å². The lowest BCUT2D eigenvalue weighted by atomic mass is 10.1. The molecule has 3 aliphatic heterocycles. The number of hydrogen-bond donors (Lipinski definition) is 2. The Balaban J connectivity index is 1.52. The molecule has 1 unspecified atom stereocenters. The van der Waals surface area contributed by atoms with Crippen molar-refractivity contribution in [3.63, 3.8) is 0 Å². The van der Waals surface area contributed by atoms with Crippen LogP contribution in [0.15, 0.2) is 29.1 Å². The molecule has 1 aromatic carbocycles. The van der Waals surface area contributed by atoms with Crippen molar-refractivity contribution in [2.75, 3.05) is 36.8 Å². The number of rotatable bonds is 2. The highest BCUT2D eigenvalue weighted by atomic mass is 19.1. The number of benzene rings is 1. The number of fused-ring (bicyclic) bond motifs is 2. The second kappa shape index (κ2) is 6.41. The van der Waals surface area contributed by atoms with Gasteiger partial charge in [-0.3, -0.25) is 29.2 Å². The van der Waals surface area contributed by atoms with Crippen molar-refractivity contribution >= 4 is 23.3 Å². The second-order valence-electron chi connectivity index (χ2n) is 7.69. The monoisotopic (exact) mass is 397 g/mol. The summed E-state index contributed by atoms with van der Waals surface area (Å²) in [6.45, 7) is 3.54. The van der Waals surface area contributed by atoms with Crippen LogP contribution in [0.1, 0.15) is 33.6 Å². The minimum absolute atomic E-state index is 0.0553. The van der Waals surface area contributed by atoms with Gasteiger partial charge in [0.2, 0.25) is 0 Å². The molecule has 0 spiro atoms. The number of imide groups is 1. The molecule has 9 heteroatoms. The number of anilines is 2. The highest BCUT2D eigenvalue weighted by molar-refractivity contribution is 6.23. The number of nitrogens with one attached hydrogen (secondary N) is 1. The van der Waals surface area contributed by atoms with Crippen LogP contribution in [0.25, 0.3) is 5.69 Å². The van der Waals surface area contributed by atoms with E-state index in [1.54, 1.807) is 12.1 Å². The van der Waals surface area contributed by atoms with E-state index in [9.17, 15) is 18.8 Å². The first kappa shape index (κ1) is 17.9. The average molecular weight is 397 g/mol. The number of pyridine rings is 1. The van der Waals surface area contributed by atoms with Gasteiger partial charge in [-0.15, -0.1) is 0 Å². The molecule has 2 fully saturated rings. The summed E-state index contributed by atoms with van der Waals surface area (Å²) < 4.78 is 16.0.